The number of benzene rings is 1. The first-order valence-corrected chi connectivity index (χ1v) is 5.42. The lowest BCUT2D eigenvalue weighted by molar-refractivity contribution is -0.120. The molecule has 1 amide bonds. The van der Waals surface area contributed by atoms with E-state index in [0.717, 1.165) is 6.54 Å². The topological polar surface area (TPSA) is 41.1 Å². The molecule has 1 aromatic carbocycles. The summed E-state index contributed by atoms with van der Waals surface area (Å²) in [5, 5.41) is 5.94. The first-order chi connectivity index (χ1) is 7.63. The molecule has 0 atom stereocenters. The molecule has 0 spiro atoms. The van der Waals surface area contributed by atoms with Crippen molar-refractivity contribution in [3.05, 3.63) is 34.6 Å². The summed E-state index contributed by atoms with van der Waals surface area (Å²) < 4.78 is 13.2. The maximum Gasteiger partial charge on any atom is 0.234 e. The van der Waals surface area contributed by atoms with Crippen LogP contribution in [0.1, 0.15) is 12.5 Å². The molecule has 0 saturated carbocycles. The number of nitrogens with one attached hydrogen (secondary N) is 2. The van der Waals surface area contributed by atoms with Gasteiger partial charge in [0.2, 0.25) is 5.91 Å². The van der Waals surface area contributed by atoms with E-state index in [9.17, 15) is 9.18 Å². The van der Waals surface area contributed by atoms with Crippen molar-refractivity contribution in [2.45, 2.75) is 13.5 Å². The molecule has 88 valence electrons. The molecule has 3 nitrogen and oxygen atoms in total. The molecule has 0 aliphatic carbocycles. The zero-order chi connectivity index (χ0) is 12.0. The van der Waals surface area contributed by atoms with E-state index < -0.39 is 0 Å². The van der Waals surface area contributed by atoms with Crippen molar-refractivity contribution < 1.29 is 9.18 Å². The zero-order valence-corrected chi connectivity index (χ0v) is 9.77. The van der Waals surface area contributed by atoms with Gasteiger partial charge in [-0.25, -0.2) is 4.39 Å². The fourth-order valence-corrected chi connectivity index (χ4v) is 1.37. The van der Waals surface area contributed by atoms with E-state index in [1.165, 1.54) is 18.2 Å². The molecule has 0 fully saturated rings. The summed E-state index contributed by atoms with van der Waals surface area (Å²) in [6.45, 7) is 3.01. The summed E-state index contributed by atoms with van der Waals surface area (Å²) in [5.41, 5.74) is 0.386. The monoisotopic (exact) mass is 244 g/mol. The lowest BCUT2D eigenvalue weighted by Gasteiger charge is -2.06. The van der Waals surface area contributed by atoms with Crippen LogP contribution in [0.2, 0.25) is 5.02 Å². The third-order valence-corrected chi connectivity index (χ3v) is 2.25. The van der Waals surface area contributed by atoms with E-state index in [-0.39, 0.29) is 24.8 Å². The Labute approximate surface area is 99.0 Å². The van der Waals surface area contributed by atoms with Crippen LogP contribution in [-0.4, -0.2) is 19.0 Å². The van der Waals surface area contributed by atoms with Gasteiger partial charge in [0.15, 0.2) is 0 Å². The largest absolute Gasteiger partial charge is 0.351 e. The molecule has 1 aromatic rings. The second-order valence-electron chi connectivity index (χ2n) is 3.29. The predicted molar refractivity (Wildman–Crippen MR) is 61.8 cm³/mol. The Morgan fingerprint density at radius 2 is 2.25 bits per heavy atom. The summed E-state index contributed by atoms with van der Waals surface area (Å²) in [6.07, 6.45) is 0. The molecule has 5 heteroatoms. The molecule has 0 aliphatic heterocycles. The van der Waals surface area contributed by atoms with Gasteiger partial charge in [0, 0.05) is 17.1 Å². The van der Waals surface area contributed by atoms with Gasteiger partial charge in [-0.3, -0.25) is 4.79 Å². The summed E-state index contributed by atoms with van der Waals surface area (Å²) in [5.74, 6) is -0.533. The summed E-state index contributed by atoms with van der Waals surface area (Å²) >= 11 is 5.72. The molecular formula is C11H14ClFN2O. The van der Waals surface area contributed by atoms with E-state index in [0.29, 0.717) is 10.6 Å². The van der Waals surface area contributed by atoms with Crippen LogP contribution >= 0.6 is 11.6 Å². The molecule has 0 bridgehead atoms. The van der Waals surface area contributed by atoms with Crippen LogP contribution in [0.15, 0.2) is 18.2 Å². The van der Waals surface area contributed by atoms with Crippen molar-refractivity contribution in [3.8, 4) is 0 Å². The van der Waals surface area contributed by atoms with E-state index in [1.807, 2.05) is 6.92 Å². The van der Waals surface area contributed by atoms with Crippen molar-refractivity contribution in [2.75, 3.05) is 13.1 Å². The first-order valence-electron chi connectivity index (χ1n) is 5.04. The van der Waals surface area contributed by atoms with Gasteiger partial charge >= 0.3 is 0 Å². The molecule has 2 N–H and O–H groups in total. The quantitative estimate of drug-likeness (QED) is 0.828. The SMILES string of the molecule is CCNCC(=O)NCc1cc(Cl)ccc1F. The minimum atomic E-state index is -0.367. The number of carbonyl (C=O) groups is 1. The van der Waals surface area contributed by atoms with E-state index in [1.54, 1.807) is 0 Å². The number of hydrogen-bond acceptors (Lipinski definition) is 2. The highest BCUT2D eigenvalue weighted by Gasteiger charge is 2.05. The van der Waals surface area contributed by atoms with Gasteiger partial charge in [0.05, 0.1) is 6.54 Å². The lowest BCUT2D eigenvalue weighted by Crippen LogP contribution is -2.33. The Morgan fingerprint density at radius 1 is 1.50 bits per heavy atom. The Kier molecular flexibility index (Phi) is 5.22. The van der Waals surface area contributed by atoms with Crippen LogP contribution in [0.4, 0.5) is 4.39 Å². The summed E-state index contributed by atoms with van der Waals surface area (Å²) in [4.78, 5) is 11.2. The molecule has 0 aliphatic rings. The van der Waals surface area contributed by atoms with Gasteiger partial charge in [-0.2, -0.15) is 0 Å². The van der Waals surface area contributed by atoms with Crippen molar-refractivity contribution in [2.24, 2.45) is 0 Å². The second-order valence-corrected chi connectivity index (χ2v) is 3.73. The van der Waals surface area contributed by atoms with E-state index >= 15 is 0 Å². The van der Waals surface area contributed by atoms with Gasteiger partial charge in [0.25, 0.3) is 0 Å². The molecule has 1 rings (SSSR count). The fraction of sp³-hybridized carbons (Fsp3) is 0.364. The smallest absolute Gasteiger partial charge is 0.234 e. The third kappa shape index (κ3) is 4.16. The average molecular weight is 245 g/mol. The van der Waals surface area contributed by atoms with Crippen molar-refractivity contribution in [1.82, 2.24) is 10.6 Å². The van der Waals surface area contributed by atoms with Crippen molar-refractivity contribution in [3.63, 3.8) is 0 Å². The molecular weight excluding hydrogens is 231 g/mol. The summed E-state index contributed by atoms with van der Waals surface area (Å²) in [7, 11) is 0. The normalized spacial score (nSPS) is 10.2. The number of amides is 1. The molecule has 16 heavy (non-hydrogen) atoms. The number of rotatable bonds is 5. The molecule has 0 heterocycles. The van der Waals surface area contributed by atoms with E-state index in [2.05, 4.69) is 10.6 Å². The number of halogens is 2. The van der Waals surface area contributed by atoms with Gasteiger partial charge in [0.1, 0.15) is 5.82 Å². The predicted octanol–water partition coefficient (Wildman–Crippen LogP) is 1.70. The molecule has 0 saturated heterocycles. The Hall–Kier alpha value is -1.13. The van der Waals surface area contributed by atoms with Crippen LogP contribution in [0.3, 0.4) is 0 Å². The standard InChI is InChI=1S/C11H14ClFN2O/c1-2-14-7-11(16)15-6-8-5-9(12)3-4-10(8)13/h3-5,14H,2,6-7H2,1H3,(H,15,16). The first kappa shape index (κ1) is 12.9. The summed E-state index contributed by atoms with van der Waals surface area (Å²) in [6, 6.07) is 4.26. The Balaban J connectivity index is 2.47. The lowest BCUT2D eigenvalue weighted by atomic mass is 10.2. The van der Waals surface area contributed by atoms with Crippen LogP contribution < -0.4 is 10.6 Å². The average Bonchev–Trinajstić information content (AvgIpc) is 2.27. The molecule has 0 unspecified atom stereocenters. The highest BCUT2D eigenvalue weighted by Crippen LogP contribution is 2.14. The molecule has 0 aromatic heterocycles. The Bertz CT molecular complexity index is 371. The third-order valence-electron chi connectivity index (χ3n) is 2.02. The van der Waals surface area contributed by atoms with Crippen LogP contribution in [0.5, 0.6) is 0 Å². The highest BCUT2D eigenvalue weighted by atomic mass is 35.5. The van der Waals surface area contributed by atoms with Gasteiger partial charge < -0.3 is 10.6 Å². The van der Waals surface area contributed by atoms with Crippen LogP contribution in [-0.2, 0) is 11.3 Å². The second kappa shape index (κ2) is 6.45. The Morgan fingerprint density at radius 3 is 2.94 bits per heavy atom. The van der Waals surface area contributed by atoms with Gasteiger partial charge in [-0.1, -0.05) is 18.5 Å². The maximum atomic E-state index is 13.2. The minimum Gasteiger partial charge on any atom is -0.351 e. The van der Waals surface area contributed by atoms with Crippen molar-refractivity contribution >= 4 is 17.5 Å². The highest BCUT2D eigenvalue weighted by molar-refractivity contribution is 6.30. The number of likely N-dealkylation sites (N-methyl/N-ethyl adjacent to an activating group) is 1. The molecule has 0 radical (unpaired) electrons. The number of carbonyl (C=O) groups excluding carboxylic acids is 1. The van der Waals surface area contributed by atoms with Gasteiger partial charge in [-0.15, -0.1) is 0 Å². The van der Waals surface area contributed by atoms with Crippen molar-refractivity contribution in [1.29, 1.82) is 0 Å². The minimum absolute atomic E-state index is 0.149. The zero-order valence-electron chi connectivity index (χ0n) is 9.02. The van der Waals surface area contributed by atoms with Crippen LogP contribution in [0.25, 0.3) is 0 Å². The van der Waals surface area contributed by atoms with Crippen LogP contribution in [0, 0.1) is 5.82 Å². The van der Waals surface area contributed by atoms with Gasteiger partial charge in [-0.05, 0) is 24.7 Å². The fourth-order valence-electron chi connectivity index (χ4n) is 1.17. The van der Waals surface area contributed by atoms with E-state index in [4.69, 9.17) is 11.6 Å². The number of hydrogen-bond donors (Lipinski definition) is 2. The maximum absolute atomic E-state index is 13.2.